The SMILES string of the molecule is Fc1cccc(N2CCNCC2F)c1. The van der Waals surface area contributed by atoms with Crippen LogP contribution >= 0.6 is 0 Å². The monoisotopic (exact) mass is 198 g/mol. The molecule has 0 spiro atoms. The van der Waals surface area contributed by atoms with Crippen molar-refractivity contribution in [3.05, 3.63) is 30.1 Å². The van der Waals surface area contributed by atoms with Crippen molar-refractivity contribution in [1.29, 1.82) is 0 Å². The van der Waals surface area contributed by atoms with E-state index in [2.05, 4.69) is 5.32 Å². The molecule has 2 rings (SSSR count). The van der Waals surface area contributed by atoms with Gasteiger partial charge in [0.15, 0.2) is 6.30 Å². The summed E-state index contributed by atoms with van der Waals surface area (Å²) in [5, 5.41) is 2.94. The Balaban J connectivity index is 2.20. The highest BCUT2D eigenvalue weighted by molar-refractivity contribution is 5.47. The van der Waals surface area contributed by atoms with Crippen LogP contribution in [0.3, 0.4) is 0 Å². The molecule has 0 radical (unpaired) electrons. The summed E-state index contributed by atoms with van der Waals surface area (Å²) in [5.74, 6) is -0.326. The first-order valence-corrected chi connectivity index (χ1v) is 4.64. The number of alkyl halides is 1. The summed E-state index contributed by atoms with van der Waals surface area (Å²) in [6, 6.07) is 6.04. The number of piperazine rings is 1. The smallest absolute Gasteiger partial charge is 0.185 e. The first-order valence-electron chi connectivity index (χ1n) is 4.64. The van der Waals surface area contributed by atoms with Gasteiger partial charge in [0.2, 0.25) is 0 Å². The summed E-state index contributed by atoms with van der Waals surface area (Å²) in [6.07, 6.45) is -1.06. The predicted octanol–water partition coefficient (Wildman–Crippen LogP) is 1.53. The lowest BCUT2D eigenvalue weighted by atomic mass is 10.2. The summed E-state index contributed by atoms with van der Waals surface area (Å²) in [4.78, 5) is 1.57. The predicted molar refractivity (Wildman–Crippen MR) is 51.5 cm³/mol. The van der Waals surface area contributed by atoms with E-state index in [1.807, 2.05) is 0 Å². The first kappa shape index (κ1) is 9.40. The summed E-state index contributed by atoms with van der Waals surface area (Å²) < 4.78 is 26.3. The zero-order chi connectivity index (χ0) is 9.97. The van der Waals surface area contributed by atoms with Crippen molar-refractivity contribution in [1.82, 2.24) is 5.32 Å². The molecule has 1 aliphatic heterocycles. The molecule has 1 fully saturated rings. The van der Waals surface area contributed by atoms with Gasteiger partial charge in [-0.25, -0.2) is 8.78 Å². The molecule has 0 saturated carbocycles. The normalized spacial score (nSPS) is 22.4. The van der Waals surface area contributed by atoms with Gasteiger partial charge in [0, 0.05) is 25.3 Å². The Morgan fingerprint density at radius 2 is 2.29 bits per heavy atom. The highest BCUT2D eigenvalue weighted by Gasteiger charge is 2.21. The number of nitrogens with zero attached hydrogens (tertiary/aromatic N) is 1. The van der Waals surface area contributed by atoms with Gasteiger partial charge in [0.05, 0.1) is 0 Å². The molecule has 1 atom stereocenters. The van der Waals surface area contributed by atoms with E-state index in [0.717, 1.165) is 6.54 Å². The average Bonchev–Trinajstić information content (AvgIpc) is 2.18. The van der Waals surface area contributed by atoms with E-state index in [1.165, 1.54) is 12.1 Å². The van der Waals surface area contributed by atoms with Crippen molar-refractivity contribution in [2.45, 2.75) is 6.30 Å². The van der Waals surface area contributed by atoms with Crippen molar-refractivity contribution in [2.75, 3.05) is 24.5 Å². The zero-order valence-corrected chi connectivity index (χ0v) is 7.71. The van der Waals surface area contributed by atoms with E-state index in [0.29, 0.717) is 18.8 Å². The number of anilines is 1. The van der Waals surface area contributed by atoms with Gasteiger partial charge in [-0.15, -0.1) is 0 Å². The van der Waals surface area contributed by atoms with E-state index < -0.39 is 6.30 Å². The number of halogens is 2. The zero-order valence-electron chi connectivity index (χ0n) is 7.71. The highest BCUT2D eigenvalue weighted by atomic mass is 19.1. The van der Waals surface area contributed by atoms with Crippen molar-refractivity contribution in [3.63, 3.8) is 0 Å². The van der Waals surface area contributed by atoms with Gasteiger partial charge in [-0.2, -0.15) is 0 Å². The molecule has 1 unspecified atom stereocenters. The maximum atomic E-state index is 13.4. The minimum atomic E-state index is -1.06. The molecule has 0 amide bonds. The molecule has 0 aromatic heterocycles. The van der Waals surface area contributed by atoms with Crippen LogP contribution in [0.15, 0.2) is 24.3 Å². The lowest BCUT2D eigenvalue weighted by molar-refractivity contribution is 0.280. The van der Waals surface area contributed by atoms with Crippen molar-refractivity contribution >= 4 is 5.69 Å². The molecule has 1 aliphatic rings. The second-order valence-corrected chi connectivity index (χ2v) is 3.31. The molecule has 1 aromatic carbocycles. The fourth-order valence-electron chi connectivity index (χ4n) is 1.62. The van der Waals surface area contributed by atoms with E-state index in [-0.39, 0.29) is 5.82 Å². The Kier molecular flexibility index (Phi) is 2.63. The molecule has 1 heterocycles. The van der Waals surface area contributed by atoms with Crippen LogP contribution < -0.4 is 10.2 Å². The third-order valence-electron chi connectivity index (χ3n) is 2.32. The van der Waals surface area contributed by atoms with Gasteiger partial charge in [-0.1, -0.05) is 6.07 Å². The summed E-state index contributed by atoms with van der Waals surface area (Å²) in [5.41, 5.74) is 0.610. The van der Waals surface area contributed by atoms with E-state index in [1.54, 1.807) is 17.0 Å². The first-order chi connectivity index (χ1) is 6.77. The molecule has 4 heteroatoms. The Hall–Kier alpha value is -1.16. The molecule has 1 saturated heterocycles. The van der Waals surface area contributed by atoms with Crippen LogP contribution in [0, 0.1) is 5.82 Å². The fourth-order valence-corrected chi connectivity index (χ4v) is 1.62. The summed E-state index contributed by atoms with van der Waals surface area (Å²) >= 11 is 0. The molecule has 1 aromatic rings. The van der Waals surface area contributed by atoms with Crippen molar-refractivity contribution < 1.29 is 8.78 Å². The molecule has 0 aliphatic carbocycles. The van der Waals surface area contributed by atoms with Crippen LogP contribution in [0.2, 0.25) is 0 Å². The number of hydrogen-bond acceptors (Lipinski definition) is 2. The van der Waals surface area contributed by atoms with E-state index >= 15 is 0 Å². The second kappa shape index (κ2) is 3.92. The lowest BCUT2D eigenvalue weighted by Crippen LogP contribution is -2.49. The largest absolute Gasteiger partial charge is 0.340 e. The number of rotatable bonds is 1. The Morgan fingerprint density at radius 1 is 1.43 bits per heavy atom. The Labute approximate surface area is 81.5 Å². The Morgan fingerprint density at radius 3 is 3.00 bits per heavy atom. The van der Waals surface area contributed by atoms with Crippen molar-refractivity contribution in [2.24, 2.45) is 0 Å². The van der Waals surface area contributed by atoms with Gasteiger partial charge < -0.3 is 10.2 Å². The topological polar surface area (TPSA) is 15.3 Å². The molecule has 0 bridgehead atoms. The van der Waals surface area contributed by atoms with Crippen LogP contribution in [0.25, 0.3) is 0 Å². The molecule has 1 N–H and O–H groups in total. The standard InChI is InChI=1S/C10H12F2N2/c11-8-2-1-3-9(6-8)14-5-4-13-7-10(14)12/h1-3,6,10,13H,4-5,7H2. The maximum absolute atomic E-state index is 13.4. The van der Waals surface area contributed by atoms with Crippen LogP contribution in [-0.2, 0) is 0 Å². The molecule has 76 valence electrons. The molecular weight excluding hydrogens is 186 g/mol. The minimum absolute atomic E-state index is 0.302. The number of nitrogens with one attached hydrogen (secondary N) is 1. The van der Waals surface area contributed by atoms with Crippen molar-refractivity contribution in [3.8, 4) is 0 Å². The van der Waals surface area contributed by atoms with Crippen LogP contribution in [0.1, 0.15) is 0 Å². The van der Waals surface area contributed by atoms with Gasteiger partial charge in [-0.3, -0.25) is 0 Å². The lowest BCUT2D eigenvalue weighted by Gasteiger charge is -2.32. The second-order valence-electron chi connectivity index (χ2n) is 3.31. The molecule has 14 heavy (non-hydrogen) atoms. The highest BCUT2D eigenvalue weighted by Crippen LogP contribution is 2.19. The fraction of sp³-hybridized carbons (Fsp3) is 0.400. The van der Waals surface area contributed by atoms with Gasteiger partial charge in [0.1, 0.15) is 5.82 Å². The number of hydrogen-bond donors (Lipinski definition) is 1. The van der Waals surface area contributed by atoms with E-state index in [4.69, 9.17) is 0 Å². The van der Waals surface area contributed by atoms with Crippen LogP contribution in [0.4, 0.5) is 14.5 Å². The number of benzene rings is 1. The van der Waals surface area contributed by atoms with Gasteiger partial charge in [-0.05, 0) is 18.2 Å². The average molecular weight is 198 g/mol. The third kappa shape index (κ3) is 1.85. The third-order valence-corrected chi connectivity index (χ3v) is 2.32. The molecular formula is C10H12F2N2. The van der Waals surface area contributed by atoms with Crippen LogP contribution in [0.5, 0.6) is 0 Å². The maximum Gasteiger partial charge on any atom is 0.185 e. The van der Waals surface area contributed by atoms with Crippen LogP contribution in [-0.4, -0.2) is 25.9 Å². The Bertz CT molecular complexity index is 317. The summed E-state index contributed by atoms with van der Waals surface area (Å²) in [6.45, 7) is 1.61. The quantitative estimate of drug-likeness (QED) is 0.688. The van der Waals surface area contributed by atoms with Gasteiger partial charge in [0.25, 0.3) is 0 Å². The van der Waals surface area contributed by atoms with Gasteiger partial charge >= 0.3 is 0 Å². The minimum Gasteiger partial charge on any atom is -0.340 e. The molecule has 2 nitrogen and oxygen atoms in total. The summed E-state index contributed by atoms with van der Waals surface area (Å²) in [7, 11) is 0. The van der Waals surface area contributed by atoms with E-state index in [9.17, 15) is 8.78 Å².